The average molecular weight is 502 g/mol. The molecule has 1 saturated heterocycles. The molecular formula is C28H43N3O5. The molecule has 0 bridgehead atoms. The molecule has 0 spiro atoms. The van der Waals surface area contributed by atoms with E-state index in [1.165, 1.54) is 32.1 Å². The molecular weight excluding hydrogens is 458 g/mol. The first kappa shape index (κ1) is 29.3. The molecule has 1 unspecified atom stereocenters. The number of nitrogens with one attached hydrogen (secondary N) is 1. The molecule has 1 atom stereocenters. The zero-order chi connectivity index (χ0) is 26.3. The van der Waals surface area contributed by atoms with Crippen molar-refractivity contribution in [3.8, 4) is 0 Å². The lowest BCUT2D eigenvalue weighted by Crippen LogP contribution is -2.43. The number of hydrogen-bond donors (Lipinski definition) is 1. The lowest BCUT2D eigenvalue weighted by molar-refractivity contribution is -0.135. The molecule has 4 rings (SSSR count). The number of nitrogens with zero attached hydrogens (tertiary/aromatic N) is 2. The number of likely N-dealkylation sites (tertiary alicyclic amines) is 1. The number of hydrogen-bond acceptors (Lipinski definition) is 6. The third-order valence-corrected chi connectivity index (χ3v) is 6.45. The van der Waals surface area contributed by atoms with E-state index in [0.717, 1.165) is 25.2 Å². The van der Waals surface area contributed by atoms with Gasteiger partial charge in [0.2, 0.25) is 5.78 Å². The van der Waals surface area contributed by atoms with Crippen molar-refractivity contribution in [3.05, 3.63) is 30.2 Å². The summed E-state index contributed by atoms with van der Waals surface area (Å²) in [5.74, 6) is 0.317. The number of Topliss-reactive ketones (excluding diaryl/α,β-unsaturated/α-hetero) is 1. The topological polar surface area (TPSA) is 102 Å². The van der Waals surface area contributed by atoms with Gasteiger partial charge in [-0.3, -0.25) is 9.59 Å². The number of carbonyl (C=O) groups excluding carboxylic acids is 3. The van der Waals surface area contributed by atoms with Crippen LogP contribution in [0.4, 0.5) is 4.79 Å². The van der Waals surface area contributed by atoms with Crippen molar-refractivity contribution in [2.45, 2.75) is 91.5 Å². The van der Waals surface area contributed by atoms with E-state index in [0.29, 0.717) is 30.6 Å². The van der Waals surface area contributed by atoms with E-state index in [9.17, 15) is 14.4 Å². The molecule has 2 aromatic rings. The molecule has 1 aromatic heterocycles. The monoisotopic (exact) mass is 501 g/mol. The highest BCUT2D eigenvalue weighted by atomic mass is 16.6. The fourth-order valence-electron chi connectivity index (χ4n) is 4.33. The van der Waals surface area contributed by atoms with Crippen LogP contribution in [0.1, 0.15) is 96.2 Å². The first-order valence-electron chi connectivity index (χ1n) is 13.6. The Kier molecular flexibility index (Phi) is 13.0. The Bertz CT molecular complexity index is 913. The van der Waals surface area contributed by atoms with Gasteiger partial charge in [0, 0.05) is 13.1 Å². The Morgan fingerprint density at radius 2 is 1.69 bits per heavy atom. The van der Waals surface area contributed by atoms with Gasteiger partial charge in [0.15, 0.2) is 12.2 Å². The van der Waals surface area contributed by atoms with Crippen LogP contribution in [0, 0.1) is 5.92 Å². The third-order valence-electron chi connectivity index (χ3n) is 6.45. The van der Waals surface area contributed by atoms with Crippen molar-refractivity contribution in [3.63, 3.8) is 0 Å². The van der Waals surface area contributed by atoms with Gasteiger partial charge in [-0.2, -0.15) is 0 Å². The average Bonchev–Trinajstić information content (AvgIpc) is 3.37. The first-order valence-corrected chi connectivity index (χ1v) is 13.6. The van der Waals surface area contributed by atoms with E-state index in [2.05, 4.69) is 17.2 Å². The highest BCUT2D eigenvalue weighted by Crippen LogP contribution is 2.22. The number of rotatable bonds is 6. The van der Waals surface area contributed by atoms with Gasteiger partial charge in [0.05, 0.1) is 0 Å². The number of alkyl carbamates (subject to hydrolysis) is 1. The second kappa shape index (κ2) is 16.0. The molecule has 200 valence electrons. The Hall–Kier alpha value is -2.90. The SMILES string of the molecule is CC.CC1CCCCC1.CCC(NC(=O)OCC(=O)N1CCCCC1)C(=O)c1nc2ccccc2o1. The van der Waals surface area contributed by atoms with E-state index in [1.54, 1.807) is 36.1 Å². The molecule has 2 fully saturated rings. The van der Waals surface area contributed by atoms with Gasteiger partial charge >= 0.3 is 6.09 Å². The van der Waals surface area contributed by atoms with Gasteiger partial charge in [-0.15, -0.1) is 0 Å². The Labute approximate surface area is 215 Å². The van der Waals surface area contributed by atoms with E-state index in [-0.39, 0.29) is 18.4 Å². The number of ketones is 1. The van der Waals surface area contributed by atoms with Crippen LogP contribution in [-0.4, -0.2) is 53.4 Å². The normalized spacial score (nSPS) is 16.6. The molecule has 2 amide bonds. The number of piperidine rings is 1. The van der Waals surface area contributed by atoms with Gasteiger partial charge in [0.1, 0.15) is 11.6 Å². The summed E-state index contributed by atoms with van der Waals surface area (Å²) in [5, 5.41) is 2.49. The summed E-state index contributed by atoms with van der Waals surface area (Å²) in [5.41, 5.74) is 1.08. The summed E-state index contributed by atoms with van der Waals surface area (Å²) in [6.45, 7) is 9.16. The number of carbonyl (C=O) groups is 3. The Morgan fingerprint density at radius 1 is 1.06 bits per heavy atom. The largest absolute Gasteiger partial charge is 0.439 e. The summed E-state index contributed by atoms with van der Waals surface area (Å²) >= 11 is 0. The molecule has 0 radical (unpaired) electrons. The van der Waals surface area contributed by atoms with Crippen LogP contribution in [0.5, 0.6) is 0 Å². The Morgan fingerprint density at radius 3 is 2.28 bits per heavy atom. The van der Waals surface area contributed by atoms with Crippen LogP contribution in [0.3, 0.4) is 0 Å². The van der Waals surface area contributed by atoms with Crippen LogP contribution < -0.4 is 5.32 Å². The maximum absolute atomic E-state index is 12.6. The molecule has 8 nitrogen and oxygen atoms in total. The second-order valence-corrected chi connectivity index (χ2v) is 9.22. The molecule has 1 saturated carbocycles. The second-order valence-electron chi connectivity index (χ2n) is 9.22. The van der Waals surface area contributed by atoms with Crippen LogP contribution in [0.15, 0.2) is 28.7 Å². The molecule has 1 aliphatic heterocycles. The molecule has 1 aliphatic carbocycles. The van der Waals surface area contributed by atoms with Gasteiger partial charge in [-0.05, 0) is 43.7 Å². The zero-order valence-corrected chi connectivity index (χ0v) is 22.4. The third kappa shape index (κ3) is 9.28. The molecule has 8 heteroatoms. The number of fused-ring (bicyclic) bond motifs is 1. The first-order chi connectivity index (χ1) is 17.5. The minimum Gasteiger partial charge on any atom is -0.439 e. The molecule has 36 heavy (non-hydrogen) atoms. The smallest absolute Gasteiger partial charge is 0.408 e. The highest BCUT2D eigenvalue weighted by molar-refractivity contribution is 5.99. The van der Waals surface area contributed by atoms with Crippen molar-refractivity contribution in [2.75, 3.05) is 19.7 Å². The highest BCUT2D eigenvalue weighted by Gasteiger charge is 2.26. The van der Waals surface area contributed by atoms with E-state index < -0.39 is 17.9 Å². The number of aromatic nitrogens is 1. The van der Waals surface area contributed by atoms with Crippen LogP contribution >= 0.6 is 0 Å². The summed E-state index contributed by atoms with van der Waals surface area (Å²) in [7, 11) is 0. The van der Waals surface area contributed by atoms with Gasteiger partial charge < -0.3 is 19.4 Å². The molecule has 2 heterocycles. The number of para-hydroxylation sites is 2. The predicted octanol–water partition coefficient (Wildman–Crippen LogP) is 6.14. The fourth-order valence-corrected chi connectivity index (χ4v) is 4.33. The quantitative estimate of drug-likeness (QED) is 0.477. The predicted molar refractivity (Wildman–Crippen MR) is 141 cm³/mol. The molecule has 1 aromatic carbocycles. The number of ether oxygens (including phenoxy) is 1. The van der Waals surface area contributed by atoms with Crippen LogP contribution in [0.2, 0.25) is 0 Å². The lowest BCUT2D eigenvalue weighted by Gasteiger charge is -2.26. The summed E-state index contributed by atoms with van der Waals surface area (Å²) in [4.78, 5) is 42.5. The Balaban J connectivity index is 0.000000431. The van der Waals surface area contributed by atoms with E-state index in [4.69, 9.17) is 9.15 Å². The van der Waals surface area contributed by atoms with E-state index in [1.807, 2.05) is 13.8 Å². The van der Waals surface area contributed by atoms with Crippen LogP contribution in [0.25, 0.3) is 11.1 Å². The number of oxazole rings is 1. The summed E-state index contributed by atoms with van der Waals surface area (Å²) in [6.07, 6.45) is 10.0. The minimum absolute atomic E-state index is 0.0623. The number of amides is 2. The molecule has 1 N–H and O–H groups in total. The van der Waals surface area contributed by atoms with Crippen molar-refractivity contribution in [1.82, 2.24) is 15.2 Å². The van der Waals surface area contributed by atoms with Crippen molar-refractivity contribution < 1.29 is 23.5 Å². The van der Waals surface area contributed by atoms with Gasteiger partial charge in [-0.25, -0.2) is 9.78 Å². The van der Waals surface area contributed by atoms with E-state index >= 15 is 0 Å². The summed E-state index contributed by atoms with van der Waals surface area (Å²) in [6, 6.07) is 6.20. The standard InChI is InChI=1S/C19H23N3O5.C7H14.C2H6/c1-2-13(17(24)18-20-14-8-4-5-9-15(14)27-18)21-19(25)26-12-16(23)22-10-6-3-7-11-22;1-7-5-3-2-4-6-7;1-2/h4-5,8-9,13H,2-3,6-7,10-12H2,1H3,(H,21,25);7H,2-6H2,1H3;1-2H3. The van der Waals surface area contributed by atoms with Crippen molar-refractivity contribution in [1.29, 1.82) is 0 Å². The van der Waals surface area contributed by atoms with Crippen molar-refractivity contribution in [2.24, 2.45) is 5.92 Å². The number of benzene rings is 1. The van der Waals surface area contributed by atoms with Crippen LogP contribution in [-0.2, 0) is 9.53 Å². The minimum atomic E-state index is -0.837. The molecule has 2 aliphatic rings. The summed E-state index contributed by atoms with van der Waals surface area (Å²) < 4.78 is 10.4. The lowest BCUT2D eigenvalue weighted by atomic mass is 9.91. The van der Waals surface area contributed by atoms with Gasteiger partial charge in [0.25, 0.3) is 11.8 Å². The van der Waals surface area contributed by atoms with Gasteiger partial charge in [-0.1, -0.05) is 71.9 Å². The zero-order valence-electron chi connectivity index (χ0n) is 22.4. The fraction of sp³-hybridized carbons (Fsp3) is 0.643. The maximum Gasteiger partial charge on any atom is 0.408 e. The maximum atomic E-state index is 12.6. The van der Waals surface area contributed by atoms with Crippen molar-refractivity contribution >= 4 is 28.9 Å².